The van der Waals surface area contributed by atoms with Crippen molar-refractivity contribution in [1.29, 1.82) is 0 Å². The van der Waals surface area contributed by atoms with Crippen LogP contribution < -0.4 is 5.32 Å². The van der Waals surface area contributed by atoms with E-state index in [2.05, 4.69) is 19.2 Å². The van der Waals surface area contributed by atoms with Crippen LogP contribution in [0.1, 0.15) is 60.3 Å². The number of rotatable bonds is 8. The van der Waals surface area contributed by atoms with E-state index in [0.29, 0.717) is 6.61 Å². The molecule has 0 heterocycles. The van der Waals surface area contributed by atoms with E-state index in [1.807, 2.05) is 13.8 Å². The van der Waals surface area contributed by atoms with Gasteiger partial charge in [-0.2, -0.15) is 0 Å². The van der Waals surface area contributed by atoms with Crippen molar-refractivity contribution in [2.75, 3.05) is 6.61 Å². The average molecular weight is 229 g/mol. The van der Waals surface area contributed by atoms with E-state index in [1.54, 1.807) is 0 Å². The number of amides is 1. The molecule has 0 aliphatic rings. The first kappa shape index (κ1) is 15.4. The van der Waals surface area contributed by atoms with Gasteiger partial charge in [0.05, 0.1) is 18.2 Å². The van der Waals surface area contributed by atoms with Gasteiger partial charge >= 0.3 is 0 Å². The molecule has 0 saturated carbocycles. The molecule has 1 amide bonds. The summed E-state index contributed by atoms with van der Waals surface area (Å²) in [6, 6.07) is 0. The maximum absolute atomic E-state index is 10.9. The SMILES string of the molecule is CCCCCC(C)OCC(C)(C)NC(C)=O. The third kappa shape index (κ3) is 8.72. The molecular weight excluding hydrogens is 202 g/mol. The van der Waals surface area contributed by atoms with Gasteiger partial charge in [-0.05, 0) is 27.2 Å². The number of hydrogen-bond acceptors (Lipinski definition) is 2. The van der Waals surface area contributed by atoms with Crippen molar-refractivity contribution in [3.8, 4) is 0 Å². The number of nitrogens with one attached hydrogen (secondary N) is 1. The summed E-state index contributed by atoms with van der Waals surface area (Å²) in [5.41, 5.74) is -0.273. The first-order valence-electron chi connectivity index (χ1n) is 6.27. The summed E-state index contributed by atoms with van der Waals surface area (Å²) in [6.07, 6.45) is 5.11. The Labute approximate surface area is 99.9 Å². The number of unbranched alkanes of at least 4 members (excludes halogenated alkanes) is 2. The molecule has 0 aromatic rings. The Balaban J connectivity index is 3.72. The van der Waals surface area contributed by atoms with E-state index in [-0.39, 0.29) is 17.6 Å². The summed E-state index contributed by atoms with van der Waals surface area (Å²) in [5, 5.41) is 2.88. The van der Waals surface area contributed by atoms with Crippen LogP contribution in [0.5, 0.6) is 0 Å². The lowest BCUT2D eigenvalue weighted by Gasteiger charge is -2.27. The van der Waals surface area contributed by atoms with Gasteiger partial charge in [-0.3, -0.25) is 4.79 Å². The van der Waals surface area contributed by atoms with Crippen molar-refractivity contribution in [3.05, 3.63) is 0 Å². The molecule has 0 saturated heterocycles. The van der Waals surface area contributed by atoms with Crippen molar-refractivity contribution < 1.29 is 9.53 Å². The normalized spacial score (nSPS) is 13.6. The Bertz CT molecular complexity index is 202. The van der Waals surface area contributed by atoms with Gasteiger partial charge in [0.15, 0.2) is 0 Å². The summed E-state index contributed by atoms with van der Waals surface area (Å²) in [4.78, 5) is 10.9. The van der Waals surface area contributed by atoms with E-state index in [9.17, 15) is 4.79 Å². The summed E-state index contributed by atoms with van der Waals surface area (Å²) in [7, 11) is 0. The average Bonchev–Trinajstić information content (AvgIpc) is 2.13. The second-order valence-corrected chi connectivity index (χ2v) is 5.18. The molecule has 16 heavy (non-hydrogen) atoms. The molecule has 0 radical (unpaired) electrons. The summed E-state index contributed by atoms with van der Waals surface area (Å²) < 4.78 is 5.74. The molecule has 3 heteroatoms. The van der Waals surface area contributed by atoms with Crippen molar-refractivity contribution in [2.24, 2.45) is 0 Å². The molecular formula is C13H27NO2. The lowest BCUT2D eigenvalue weighted by atomic mass is 10.1. The molecule has 0 aliphatic carbocycles. The smallest absolute Gasteiger partial charge is 0.217 e. The molecule has 1 N–H and O–H groups in total. The van der Waals surface area contributed by atoms with Crippen LogP contribution in [0.15, 0.2) is 0 Å². The standard InChI is InChI=1S/C13H27NO2/c1-6-7-8-9-11(2)16-10-13(4,5)14-12(3)15/h11H,6-10H2,1-5H3,(H,14,15). The maximum Gasteiger partial charge on any atom is 0.217 e. The Kier molecular flexibility index (Phi) is 7.39. The van der Waals surface area contributed by atoms with Crippen LogP contribution in [0, 0.1) is 0 Å². The van der Waals surface area contributed by atoms with Gasteiger partial charge in [-0.1, -0.05) is 26.2 Å². The molecule has 0 spiro atoms. The van der Waals surface area contributed by atoms with Gasteiger partial charge in [-0.15, -0.1) is 0 Å². The maximum atomic E-state index is 10.9. The van der Waals surface area contributed by atoms with E-state index in [4.69, 9.17) is 4.74 Å². The van der Waals surface area contributed by atoms with Gasteiger partial charge in [-0.25, -0.2) is 0 Å². The first-order valence-corrected chi connectivity index (χ1v) is 6.27. The van der Waals surface area contributed by atoms with Gasteiger partial charge in [0.1, 0.15) is 0 Å². The van der Waals surface area contributed by atoms with E-state index in [1.165, 1.54) is 26.2 Å². The minimum atomic E-state index is -0.273. The molecule has 0 rings (SSSR count). The zero-order valence-electron chi connectivity index (χ0n) is 11.4. The molecule has 1 atom stereocenters. The second-order valence-electron chi connectivity index (χ2n) is 5.18. The summed E-state index contributed by atoms with van der Waals surface area (Å²) in [5.74, 6) is -0.00719. The molecule has 0 aromatic carbocycles. The van der Waals surface area contributed by atoms with Crippen LogP contribution in [0.4, 0.5) is 0 Å². The molecule has 3 nitrogen and oxygen atoms in total. The number of ether oxygens (including phenoxy) is 1. The van der Waals surface area contributed by atoms with Crippen LogP contribution in [0.2, 0.25) is 0 Å². The van der Waals surface area contributed by atoms with Gasteiger partial charge in [0.25, 0.3) is 0 Å². The van der Waals surface area contributed by atoms with Crippen LogP contribution in [-0.2, 0) is 9.53 Å². The summed E-state index contributed by atoms with van der Waals surface area (Å²) in [6.45, 7) is 10.4. The van der Waals surface area contributed by atoms with Crippen LogP contribution in [0.3, 0.4) is 0 Å². The molecule has 0 fully saturated rings. The predicted octanol–water partition coefficient (Wildman–Crippen LogP) is 2.89. The lowest BCUT2D eigenvalue weighted by molar-refractivity contribution is -0.121. The van der Waals surface area contributed by atoms with Gasteiger partial charge in [0.2, 0.25) is 5.91 Å². The van der Waals surface area contributed by atoms with E-state index < -0.39 is 0 Å². The molecule has 0 aromatic heterocycles. The molecule has 0 bridgehead atoms. The van der Waals surface area contributed by atoms with Crippen LogP contribution >= 0.6 is 0 Å². The topological polar surface area (TPSA) is 38.3 Å². The third-order valence-electron chi connectivity index (χ3n) is 2.46. The Morgan fingerprint density at radius 3 is 2.50 bits per heavy atom. The van der Waals surface area contributed by atoms with E-state index in [0.717, 1.165) is 6.42 Å². The van der Waals surface area contributed by atoms with Crippen molar-refractivity contribution in [3.63, 3.8) is 0 Å². The largest absolute Gasteiger partial charge is 0.376 e. The highest BCUT2D eigenvalue weighted by Gasteiger charge is 2.19. The van der Waals surface area contributed by atoms with Crippen LogP contribution in [-0.4, -0.2) is 24.2 Å². The predicted molar refractivity (Wildman–Crippen MR) is 67.5 cm³/mol. The fourth-order valence-corrected chi connectivity index (χ4v) is 1.63. The molecule has 1 unspecified atom stereocenters. The van der Waals surface area contributed by atoms with Crippen molar-refractivity contribution >= 4 is 5.91 Å². The zero-order valence-corrected chi connectivity index (χ0v) is 11.4. The third-order valence-corrected chi connectivity index (χ3v) is 2.46. The first-order chi connectivity index (χ1) is 7.37. The van der Waals surface area contributed by atoms with Crippen molar-refractivity contribution in [1.82, 2.24) is 5.32 Å². The highest BCUT2D eigenvalue weighted by atomic mass is 16.5. The Hall–Kier alpha value is -0.570. The zero-order chi connectivity index (χ0) is 12.6. The van der Waals surface area contributed by atoms with Crippen molar-refractivity contribution in [2.45, 2.75) is 71.9 Å². The minimum Gasteiger partial charge on any atom is -0.376 e. The Morgan fingerprint density at radius 1 is 1.38 bits per heavy atom. The fourth-order valence-electron chi connectivity index (χ4n) is 1.63. The number of hydrogen-bond donors (Lipinski definition) is 1. The highest BCUT2D eigenvalue weighted by molar-refractivity contribution is 5.73. The molecule has 96 valence electrons. The van der Waals surface area contributed by atoms with Gasteiger partial charge < -0.3 is 10.1 Å². The van der Waals surface area contributed by atoms with Gasteiger partial charge in [0, 0.05) is 6.92 Å². The lowest BCUT2D eigenvalue weighted by Crippen LogP contribution is -2.46. The van der Waals surface area contributed by atoms with Crippen LogP contribution in [0.25, 0.3) is 0 Å². The highest BCUT2D eigenvalue weighted by Crippen LogP contribution is 2.10. The van der Waals surface area contributed by atoms with E-state index >= 15 is 0 Å². The molecule has 0 aliphatic heterocycles. The minimum absolute atomic E-state index is 0.00719. The summed E-state index contributed by atoms with van der Waals surface area (Å²) >= 11 is 0. The number of carbonyl (C=O) groups is 1. The second kappa shape index (κ2) is 7.66. The number of carbonyl (C=O) groups excluding carboxylic acids is 1. The Morgan fingerprint density at radius 2 is 2.00 bits per heavy atom. The quantitative estimate of drug-likeness (QED) is 0.650. The fraction of sp³-hybridized carbons (Fsp3) is 0.923. The monoisotopic (exact) mass is 229 g/mol.